The molecule has 162 valence electrons. The summed E-state index contributed by atoms with van der Waals surface area (Å²) in [6.07, 6.45) is 0. The quantitative estimate of drug-likeness (QED) is 0.337. The minimum Gasteiger partial charge on any atom is -0.369 e. The summed E-state index contributed by atoms with van der Waals surface area (Å²) in [5.41, 5.74) is 7.95. The molecule has 0 spiro atoms. The van der Waals surface area contributed by atoms with Crippen LogP contribution in [0.2, 0.25) is 0 Å². The summed E-state index contributed by atoms with van der Waals surface area (Å²) >= 11 is 0. The van der Waals surface area contributed by atoms with Crippen LogP contribution < -0.4 is 10.2 Å². The molecule has 1 fully saturated rings. The Labute approximate surface area is 189 Å². The highest BCUT2D eigenvalue weighted by atomic mass is 15.2. The number of H-pyrrole nitrogens is 3. The van der Waals surface area contributed by atoms with Crippen LogP contribution in [-0.4, -0.2) is 56.3 Å². The Kier molecular flexibility index (Phi) is 4.00. The summed E-state index contributed by atoms with van der Waals surface area (Å²) in [4.78, 5) is 19.0. The Bertz CT molecular complexity index is 1620. The number of rotatable bonds is 3. The molecule has 0 atom stereocenters. The first-order valence-corrected chi connectivity index (χ1v) is 11.2. The van der Waals surface area contributed by atoms with Gasteiger partial charge in [0.1, 0.15) is 11.5 Å². The Hall–Kier alpha value is -4.17. The van der Waals surface area contributed by atoms with Crippen molar-refractivity contribution in [3.05, 3.63) is 60.7 Å². The van der Waals surface area contributed by atoms with E-state index in [0.717, 1.165) is 82.1 Å². The van der Waals surface area contributed by atoms with Gasteiger partial charge in [-0.2, -0.15) is 5.10 Å². The van der Waals surface area contributed by atoms with Crippen LogP contribution in [0.25, 0.3) is 55.9 Å². The van der Waals surface area contributed by atoms with Crippen molar-refractivity contribution in [3.63, 3.8) is 0 Å². The Morgan fingerprint density at radius 3 is 2.39 bits per heavy atom. The maximum Gasteiger partial charge on any atom is 0.159 e. The summed E-state index contributed by atoms with van der Waals surface area (Å²) in [6.45, 7) is 4.09. The number of para-hydroxylation sites is 1. The molecule has 0 radical (unpaired) electrons. The van der Waals surface area contributed by atoms with E-state index in [4.69, 9.17) is 9.97 Å². The molecule has 1 saturated heterocycles. The van der Waals surface area contributed by atoms with Crippen molar-refractivity contribution in [1.29, 1.82) is 0 Å². The van der Waals surface area contributed by atoms with E-state index in [-0.39, 0.29) is 0 Å². The van der Waals surface area contributed by atoms with E-state index < -0.39 is 0 Å². The molecule has 6 aromatic rings. The van der Waals surface area contributed by atoms with Gasteiger partial charge >= 0.3 is 0 Å². The number of anilines is 1. The molecule has 3 aromatic carbocycles. The number of aromatic nitrogens is 6. The van der Waals surface area contributed by atoms with E-state index >= 15 is 0 Å². The highest BCUT2D eigenvalue weighted by Gasteiger charge is 2.15. The zero-order valence-electron chi connectivity index (χ0n) is 17.9. The topological polar surface area (TPSA) is 101 Å². The molecule has 8 heteroatoms. The lowest BCUT2D eigenvalue weighted by Gasteiger charge is -2.29. The van der Waals surface area contributed by atoms with Crippen LogP contribution >= 0.6 is 0 Å². The number of piperazine rings is 1. The van der Waals surface area contributed by atoms with E-state index in [1.165, 1.54) is 5.69 Å². The number of fused-ring (bicyclic) bond motifs is 3. The predicted molar refractivity (Wildman–Crippen MR) is 131 cm³/mol. The minimum absolute atomic E-state index is 0.755. The fourth-order valence-corrected chi connectivity index (χ4v) is 4.67. The fraction of sp³-hybridized carbons (Fsp3) is 0.160. The van der Waals surface area contributed by atoms with Gasteiger partial charge in [-0.1, -0.05) is 18.2 Å². The van der Waals surface area contributed by atoms with Crippen molar-refractivity contribution in [2.24, 2.45) is 0 Å². The van der Waals surface area contributed by atoms with E-state index in [9.17, 15) is 0 Å². The van der Waals surface area contributed by atoms with E-state index in [1.807, 2.05) is 24.3 Å². The number of nitrogens with one attached hydrogen (secondary N) is 4. The lowest BCUT2D eigenvalue weighted by Crippen LogP contribution is -2.43. The van der Waals surface area contributed by atoms with Crippen LogP contribution in [0.15, 0.2) is 60.7 Å². The normalized spacial score (nSPS) is 14.6. The number of hydrogen-bond donors (Lipinski definition) is 4. The van der Waals surface area contributed by atoms with E-state index in [0.29, 0.717) is 0 Å². The molecule has 1 aliphatic rings. The van der Waals surface area contributed by atoms with Crippen LogP contribution in [0, 0.1) is 0 Å². The van der Waals surface area contributed by atoms with Gasteiger partial charge in [0.25, 0.3) is 0 Å². The number of aromatic amines is 3. The second-order valence-electron chi connectivity index (χ2n) is 8.46. The Morgan fingerprint density at radius 1 is 0.727 bits per heavy atom. The summed E-state index contributed by atoms with van der Waals surface area (Å²) in [5, 5.41) is 12.0. The fourth-order valence-electron chi connectivity index (χ4n) is 4.67. The molecule has 0 amide bonds. The highest BCUT2D eigenvalue weighted by Crippen LogP contribution is 2.29. The Balaban J connectivity index is 1.26. The van der Waals surface area contributed by atoms with Crippen LogP contribution in [0.5, 0.6) is 0 Å². The van der Waals surface area contributed by atoms with E-state index in [1.54, 1.807) is 0 Å². The zero-order chi connectivity index (χ0) is 21.8. The van der Waals surface area contributed by atoms with Gasteiger partial charge in [0.15, 0.2) is 5.82 Å². The Morgan fingerprint density at radius 2 is 1.48 bits per heavy atom. The third-order valence-corrected chi connectivity index (χ3v) is 6.40. The van der Waals surface area contributed by atoms with Crippen molar-refractivity contribution in [3.8, 4) is 22.9 Å². The average Bonchev–Trinajstić information content (AvgIpc) is 3.59. The van der Waals surface area contributed by atoms with Crippen molar-refractivity contribution in [2.45, 2.75) is 0 Å². The zero-order valence-corrected chi connectivity index (χ0v) is 17.9. The van der Waals surface area contributed by atoms with Crippen LogP contribution in [0.1, 0.15) is 0 Å². The molecule has 3 aromatic heterocycles. The molecular formula is C25H22N8. The number of hydrogen-bond acceptors (Lipinski definition) is 5. The first kappa shape index (κ1) is 18.4. The van der Waals surface area contributed by atoms with E-state index in [2.05, 4.69) is 66.8 Å². The van der Waals surface area contributed by atoms with Crippen molar-refractivity contribution < 1.29 is 0 Å². The first-order valence-electron chi connectivity index (χ1n) is 11.2. The molecule has 4 N–H and O–H groups in total. The molecule has 8 nitrogen and oxygen atoms in total. The molecule has 4 heterocycles. The predicted octanol–water partition coefficient (Wildman–Crippen LogP) is 4.06. The second kappa shape index (κ2) is 7.18. The maximum atomic E-state index is 4.84. The maximum absolute atomic E-state index is 4.84. The summed E-state index contributed by atoms with van der Waals surface area (Å²) < 4.78 is 0. The molecule has 33 heavy (non-hydrogen) atoms. The standard InChI is InChI=1S/C25H22N8/c1-2-4-18-17(3-1)23(32-31-18)25-28-19-7-5-15(13-21(19)30-25)24-27-20-8-6-16(14-22(20)29-24)33-11-9-26-10-12-33/h1-8,13-14,26H,9-12H2,(H,27,29)(H,28,30)(H,31,32). The summed E-state index contributed by atoms with van der Waals surface area (Å²) in [6, 6.07) is 20.7. The minimum atomic E-state index is 0.755. The smallest absolute Gasteiger partial charge is 0.159 e. The van der Waals surface area contributed by atoms with Gasteiger partial charge in [0.05, 0.1) is 27.6 Å². The third-order valence-electron chi connectivity index (χ3n) is 6.40. The summed E-state index contributed by atoms with van der Waals surface area (Å²) in [7, 11) is 0. The van der Waals surface area contributed by atoms with Crippen LogP contribution in [0.3, 0.4) is 0 Å². The number of benzene rings is 3. The third kappa shape index (κ3) is 3.07. The lowest BCUT2D eigenvalue weighted by molar-refractivity contribution is 0.589. The molecule has 1 aliphatic heterocycles. The SMILES string of the molecule is c1ccc2c(-c3nc4ccc(-c5nc6ccc(N7CCNCC7)cc6[nH]5)cc4[nH]3)n[nH]c2c1. The first-order chi connectivity index (χ1) is 16.3. The second-order valence-corrected chi connectivity index (χ2v) is 8.46. The van der Waals surface area contributed by atoms with Gasteiger partial charge in [-0.3, -0.25) is 5.10 Å². The van der Waals surface area contributed by atoms with Crippen molar-refractivity contribution in [1.82, 2.24) is 35.5 Å². The van der Waals surface area contributed by atoms with Crippen molar-refractivity contribution in [2.75, 3.05) is 31.1 Å². The lowest BCUT2D eigenvalue weighted by atomic mass is 10.2. The van der Waals surface area contributed by atoms with Gasteiger partial charge in [0, 0.05) is 42.8 Å². The van der Waals surface area contributed by atoms with Gasteiger partial charge in [-0.15, -0.1) is 0 Å². The van der Waals surface area contributed by atoms with Gasteiger partial charge in [-0.05, 0) is 42.5 Å². The molecule has 0 saturated carbocycles. The van der Waals surface area contributed by atoms with Crippen LogP contribution in [0.4, 0.5) is 5.69 Å². The average molecular weight is 435 g/mol. The molecule has 0 aliphatic carbocycles. The largest absolute Gasteiger partial charge is 0.369 e. The molecule has 7 rings (SSSR count). The van der Waals surface area contributed by atoms with Gasteiger partial charge < -0.3 is 20.2 Å². The molecule has 0 unspecified atom stereocenters. The van der Waals surface area contributed by atoms with Gasteiger partial charge in [-0.25, -0.2) is 9.97 Å². The van der Waals surface area contributed by atoms with Gasteiger partial charge in [0.2, 0.25) is 0 Å². The highest BCUT2D eigenvalue weighted by molar-refractivity contribution is 5.93. The monoisotopic (exact) mass is 434 g/mol. The summed E-state index contributed by atoms with van der Waals surface area (Å²) in [5.74, 6) is 1.61. The van der Waals surface area contributed by atoms with Crippen LogP contribution in [-0.2, 0) is 0 Å². The van der Waals surface area contributed by atoms with Crippen molar-refractivity contribution >= 4 is 38.7 Å². The number of nitrogens with zero attached hydrogens (tertiary/aromatic N) is 4. The number of imidazole rings is 2. The molecule has 0 bridgehead atoms. The molecular weight excluding hydrogens is 412 g/mol.